The fourth-order valence-electron chi connectivity index (χ4n) is 4.71. The number of carbonyl (C=O) groups excluding carboxylic acids is 2. The van der Waals surface area contributed by atoms with Gasteiger partial charge < -0.3 is 9.80 Å². The van der Waals surface area contributed by atoms with Crippen LogP contribution in [-0.4, -0.2) is 44.0 Å². The Balaban J connectivity index is 1.44. The molecule has 1 atom stereocenters. The molecule has 2 aromatic carbocycles. The van der Waals surface area contributed by atoms with Gasteiger partial charge in [0, 0.05) is 36.7 Å². The minimum atomic E-state index is -0.609. The summed E-state index contributed by atoms with van der Waals surface area (Å²) in [4.78, 5) is 30.1. The molecule has 0 radical (unpaired) electrons. The number of amides is 2. The number of fused-ring (bicyclic) bond motifs is 3. The molecule has 2 amide bonds. The normalized spacial score (nSPS) is 17.1. The van der Waals surface area contributed by atoms with Crippen LogP contribution in [0.5, 0.6) is 0 Å². The maximum Gasteiger partial charge on any atom is 0.272 e. The minimum Gasteiger partial charge on any atom is -0.331 e. The molecular weight excluding hydrogens is 492 g/mol. The van der Waals surface area contributed by atoms with Crippen LogP contribution in [0.2, 0.25) is 10.0 Å². The lowest BCUT2D eigenvalue weighted by Gasteiger charge is -2.34. The van der Waals surface area contributed by atoms with Crippen molar-refractivity contribution in [2.75, 3.05) is 6.54 Å². The third kappa shape index (κ3) is 4.05. The van der Waals surface area contributed by atoms with Crippen LogP contribution in [0.25, 0.3) is 0 Å². The van der Waals surface area contributed by atoms with Gasteiger partial charge in [-0.1, -0.05) is 35.3 Å². The summed E-state index contributed by atoms with van der Waals surface area (Å²) in [5.74, 6) is -1.07. The summed E-state index contributed by atoms with van der Waals surface area (Å²) >= 11 is 12.1. The molecule has 3 aromatic rings. The molecule has 178 valence electrons. The Morgan fingerprint density at radius 2 is 2.03 bits per heavy atom. The van der Waals surface area contributed by atoms with Gasteiger partial charge in [0.15, 0.2) is 0 Å². The highest BCUT2D eigenvalue weighted by Gasteiger charge is 2.37. The Morgan fingerprint density at radius 1 is 1.23 bits per heavy atom. The van der Waals surface area contributed by atoms with Crippen LogP contribution in [0, 0.1) is 17.1 Å². The number of aromatic nitrogens is 2. The summed E-state index contributed by atoms with van der Waals surface area (Å²) in [7, 11) is 0. The van der Waals surface area contributed by atoms with Gasteiger partial charge in [-0.2, -0.15) is 10.4 Å². The molecule has 0 bridgehead atoms. The highest BCUT2D eigenvalue weighted by molar-refractivity contribution is 6.42. The van der Waals surface area contributed by atoms with Crippen LogP contribution in [0.3, 0.4) is 0 Å². The molecule has 5 rings (SSSR count). The van der Waals surface area contributed by atoms with Crippen molar-refractivity contribution >= 4 is 35.0 Å². The van der Waals surface area contributed by atoms with Crippen molar-refractivity contribution in [1.82, 2.24) is 19.6 Å². The van der Waals surface area contributed by atoms with Crippen molar-refractivity contribution in [1.29, 1.82) is 5.26 Å². The molecule has 3 heterocycles. The van der Waals surface area contributed by atoms with Gasteiger partial charge in [0.1, 0.15) is 17.6 Å². The van der Waals surface area contributed by atoms with E-state index in [-0.39, 0.29) is 36.5 Å². The Morgan fingerprint density at radius 3 is 2.77 bits per heavy atom. The molecule has 0 fully saturated rings. The van der Waals surface area contributed by atoms with Gasteiger partial charge in [0.2, 0.25) is 0 Å². The van der Waals surface area contributed by atoms with Gasteiger partial charge in [-0.15, -0.1) is 0 Å². The van der Waals surface area contributed by atoms with Gasteiger partial charge in [-0.3, -0.25) is 14.3 Å². The molecule has 0 saturated carbocycles. The summed E-state index contributed by atoms with van der Waals surface area (Å²) in [6, 6.07) is 10.9. The van der Waals surface area contributed by atoms with Crippen molar-refractivity contribution in [3.05, 3.63) is 85.9 Å². The predicted molar refractivity (Wildman–Crippen MR) is 128 cm³/mol. The van der Waals surface area contributed by atoms with Crippen LogP contribution in [0.15, 0.2) is 36.4 Å². The van der Waals surface area contributed by atoms with Crippen LogP contribution in [0.1, 0.15) is 50.2 Å². The number of rotatable bonds is 3. The van der Waals surface area contributed by atoms with Gasteiger partial charge in [0.05, 0.1) is 34.4 Å². The second kappa shape index (κ2) is 8.99. The SMILES string of the molecule is C[C@@H]1Cc2nn3c(c2CN1C(=O)c1ccc(Cl)c(Cl)c1)C(=O)N(Cc1cccc(F)c1C#N)CC3. The third-order valence-electron chi connectivity index (χ3n) is 6.55. The van der Waals surface area contributed by atoms with E-state index in [1.165, 1.54) is 12.1 Å². The monoisotopic (exact) mass is 511 g/mol. The van der Waals surface area contributed by atoms with Gasteiger partial charge in [-0.05, 0) is 36.8 Å². The first-order chi connectivity index (χ1) is 16.8. The first-order valence-corrected chi connectivity index (χ1v) is 11.9. The van der Waals surface area contributed by atoms with E-state index in [4.69, 9.17) is 23.2 Å². The zero-order chi connectivity index (χ0) is 24.9. The maximum absolute atomic E-state index is 14.1. The van der Waals surface area contributed by atoms with Crippen molar-refractivity contribution in [2.45, 2.75) is 39.0 Å². The van der Waals surface area contributed by atoms with E-state index in [0.29, 0.717) is 51.9 Å². The van der Waals surface area contributed by atoms with Gasteiger partial charge >= 0.3 is 0 Å². The molecule has 2 aliphatic rings. The molecule has 0 unspecified atom stereocenters. The number of nitriles is 1. The van der Waals surface area contributed by atoms with E-state index in [2.05, 4.69) is 5.10 Å². The van der Waals surface area contributed by atoms with E-state index >= 15 is 0 Å². The Labute approximate surface area is 211 Å². The minimum absolute atomic E-state index is 0.0615. The standard InChI is InChI=1S/C25H20Cl2FN5O2/c1-14-9-22-18(13-32(14)24(34)15-5-6-19(26)20(27)10-15)23-25(35)31(7-8-33(23)30-22)12-16-3-2-4-21(28)17(16)11-29/h2-6,10,14H,7-9,12-13H2,1H3/t14-/m1/s1. The van der Waals surface area contributed by atoms with E-state index in [1.807, 2.05) is 13.0 Å². The smallest absolute Gasteiger partial charge is 0.272 e. The Kier molecular flexibility index (Phi) is 5.99. The molecule has 7 nitrogen and oxygen atoms in total. The number of benzene rings is 2. The maximum atomic E-state index is 14.1. The molecule has 0 saturated heterocycles. The third-order valence-corrected chi connectivity index (χ3v) is 7.29. The van der Waals surface area contributed by atoms with Gasteiger partial charge in [-0.25, -0.2) is 4.39 Å². The Bertz CT molecular complexity index is 1410. The van der Waals surface area contributed by atoms with Crippen molar-refractivity contribution in [3.63, 3.8) is 0 Å². The van der Waals surface area contributed by atoms with Gasteiger partial charge in [0.25, 0.3) is 11.8 Å². The number of hydrogen-bond acceptors (Lipinski definition) is 4. The molecule has 0 N–H and O–H groups in total. The van der Waals surface area contributed by atoms with Crippen LogP contribution in [0.4, 0.5) is 4.39 Å². The highest BCUT2D eigenvalue weighted by atomic mass is 35.5. The van der Waals surface area contributed by atoms with E-state index in [9.17, 15) is 19.2 Å². The summed E-state index contributed by atoms with van der Waals surface area (Å²) in [6.45, 7) is 3.14. The van der Waals surface area contributed by atoms with Crippen LogP contribution >= 0.6 is 23.2 Å². The highest BCUT2D eigenvalue weighted by Crippen LogP contribution is 2.31. The first kappa shape index (κ1) is 23.3. The van der Waals surface area contributed by atoms with E-state index < -0.39 is 5.82 Å². The van der Waals surface area contributed by atoms with E-state index in [1.54, 1.807) is 38.7 Å². The molecule has 1 aromatic heterocycles. The van der Waals surface area contributed by atoms with Crippen molar-refractivity contribution < 1.29 is 14.0 Å². The number of halogens is 3. The van der Waals surface area contributed by atoms with Crippen LogP contribution < -0.4 is 0 Å². The lowest BCUT2D eigenvalue weighted by Crippen LogP contribution is -2.44. The number of hydrogen-bond donors (Lipinski definition) is 0. The fourth-order valence-corrected chi connectivity index (χ4v) is 5.01. The molecule has 2 aliphatic heterocycles. The zero-order valence-corrected chi connectivity index (χ0v) is 20.3. The predicted octanol–water partition coefficient (Wildman–Crippen LogP) is 4.44. The summed E-state index contributed by atoms with van der Waals surface area (Å²) in [5, 5.41) is 14.7. The lowest BCUT2D eigenvalue weighted by molar-refractivity contribution is 0.0637. The zero-order valence-electron chi connectivity index (χ0n) is 18.8. The molecular formula is C25H20Cl2FN5O2. The second-order valence-electron chi connectivity index (χ2n) is 8.72. The summed E-state index contributed by atoms with van der Waals surface area (Å²) in [6.07, 6.45) is 0.512. The van der Waals surface area contributed by atoms with Crippen molar-refractivity contribution in [2.24, 2.45) is 0 Å². The largest absolute Gasteiger partial charge is 0.331 e. The average molecular weight is 512 g/mol. The number of nitrogens with zero attached hydrogens (tertiary/aromatic N) is 5. The average Bonchev–Trinajstić information content (AvgIpc) is 3.19. The van der Waals surface area contributed by atoms with Crippen molar-refractivity contribution in [3.8, 4) is 6.07 Å². The fraction of sp³-hybridized carbons (Fsp3) is 0.280. The Hall–Kier alpha value is -3.41. The molecule has 10 heteroatoms. The van der Waals surface area contributed by atoms with E-state index in [0.717, 1.165) is 5.69 Å². The molecule has 35 heavy (non-hydrogen) atoms. The molecule has 0 spiro atoms. The number of carbonyl (C=O) groups is 2. The molecule has 0 aliphatic carbocycles. The summed E-state index contributed by atoms with van der Waals surface area (Å²) < 4.78 is 15.8. The lowest BCUT2D eigenvalue weighted by atomic mass is 9.97. The second-order valence-corrected chi connectivity index (χ2v) is 9.54. The topological polar surface area (TPSA) is 82.2 Å². The van der Waals surface area contributed by atoms with Crippen LogP contribution in [-0.2, 0) is 26.1 Å². The first-order valence-electron chi connectivity index (χ1n) is 11.1. The quantitative estimate of drug-likeness (QED) is 0.520. The summed E-state index contributed by atoms with van der Waals surface area (Å²) in [5.41, 5.74) is 2.75.